The lowest BCUT2D eigenvalue weighted by Gasteiger charge is -2.23. The number of nitrogens with two attached hydrogens (primary N) is 1. The Kier molecular flexibility index (Phi) is 2.02. The van der Waals surface area contributed by atoms with Gasteiger partial charge in [0.05, 0.1) is 6.26 Å². The van der Waals surface area contributed by atoms with E-state index in [4.69, 9.17) is 10.2 Å². The van der Waals surface area contributed by atoms with Crippen molar-refractivity contribution < 1.29 is 9.52 Å². The fourth-order valence-corrected chi connectivity index (χ4v) is 0.814. The number of hydrogen-bond donors (Lipinski definition) is 2. The molecular formula is C8H13NO2. The summed E-state index contributed by atoms with van der Waals surface area (Å²) in [6, 6.07) is 3.43. The first-order valence-corrected chi connectivity index (χ1v) is 3.52. The predicted octanol–water partition coefficient (Wildman–Crippen LogP) is 1.05. The van der Waals surface area contributed by atoms with Crippen molar-refractivity contribution in [3.63, 3.8) is 0 Å². The number of aliphatic hydroxyl groups is 1. The molecule has 1 heterocycles. The van der Waals surface area contributed by atoms with Gasteiger partial charge >= 0.3 is 0 Å². The topological polar surface area (TPSA) is 59.4 Å². The van der Waals surface area contributed by atoms with E-state index in [1.54, 1.807) is 26.0 Å². The van der Waals surface area contributed by atoms with Gasteiger partial charge in [0.2, 0.25) is 0 Å². The average molecular weight is 155 g/mol. The van der Waals surface area contributed by atoms with Gasteiger partial charge in [-0.3, -0.25) is 0 Å². The summed E-state index contributed by atoms with van der Waals surface area (Å²) in [5.74, 6) is 0.512. The first-order valence-electron chi connectivity index (χ1n) is 3.52. The molecule has 1 atom stereocenters. The standard InChI is InChI=1S/C8H13NO2/c1-8(2,9)7(10)6-4-3-5-11-6/h3-5,7,10H,9H2,1-2H3. The lowest BCUT2D eigenvalue weighted by molar-refractivity contribution is 0.0825. The molecule has 0 aliphatic carbocycles. The monoisotopic (exact) mass is 155 g/mol. The predicted molar refractivity (Wildman–Crippen MR) is 41.9 cm³/mol. The van der Waals surface area contributed by atoms with Crippen LogP contribution in [0.15, 0.2) is 22.8 Å². The molecule has 3 heteroatoms. The molecule has 1 aromatic heterocycles. The van der Waals surface area contributed by atoms with Crippen molar-refractivity contribution >= 4 is 0 Å². The Balaban J connectivity index is 2.78. The Hall–Kier alpha value is -0.800. The van der Waals surface area contributed by atoms with E-state index in [0.29, 0.717) is 5.76 Å². The highest BCUT2D eigenvalue weighted by atomic mass is 16.4. The Morgan fingerprint density at radius 2 is 2.27 bits per heavy atom. The van der Waals surface area contributed by atoms with Gasteiger partial charge in [-0.15, -0.1) is 0 Å². The minimum atomic E-state index is -0.738. The van der Waals surface area contributed by atoms with Crippen LogP contribution < -0.4 is 5.73 Å². The third kappa shape index (κ3) is 1.82. The summed E-state index contributed by atoms with van der Waals surface area (Å²) in [5, 5.41) is 9.53. The summed E-state index contributed by atoms with van der Waals surface area (Å²) in [7, 11) is 0. The normalized spacial score (nSPS) is 14.9. The van der Waals surface area contributed by atoms with Gasteiger partial charge in [0.25, 0.3) is 0 Å². The SMILES string of the molecule is CC(C)(N)C(O)c1ccco1. The van der Waals surface area contributed by atoms with Gasteiger partial charge in [-0.05, 0) is 26.0 Å². The van der Waals surface area contributed by atoms with E-state index in [1.807, 2.05) is 0 Å². The highest BCUT2D eigenvalue weighted by Crippen LogP contribution is 2.22. The van der Waals surface area contributed by atoms with Crippen LogP contribution in [0.3, 0.4) is 0 Å². The third-order valence-electron chi connectivity index (χ3n) is 1.52. The Labute approximate surface area is 65.8 Å². The molecule has 62 valence electrons. The number of hydrogen-bond acceptors (Lipinski definition) is 3. The van der Waals surface area contributed by atoms with Crippen molar-refractivity contribution in [2.75, 3.05) is 0 Å². The van der Waals surface area contributed by atoms with Gasteiger partial charge in [0.15, 0.2) is 0 Å². The lowest BCUT2D eigenvalue weighted by Crippen LogP contribution is -2.38. The van der Waals surface area contributed by atoms with E-state index >= 15 is 0 Å². The zero-order chi connectivity index (χ0) is 8.48. The molecule has 0 fully saturated rings. The van der Waals surface area contributed by atoms with Crippen molar-refractivity contribution in [2.45, 2.75) is 25.5 Å². The maximum Gasteiger partial charge on any atom is 0.134 e. The largest absolute Gasteiger partial charge is 0.467 e. The molecule has 1 rings (SSSR count). The smallest absolute Gasteiger partial charge is 0.134 e. The van der Waals surface area contributed by atoms with E-state index < -0.39 is 11.6 Å². The second-order valence-corrected chi connectivity index (χ2v) is 3.24. The highest BCUT2D eigenvalue weighted by molar-refractivity contribution is 5.06. The van der Waals surface area contributed by atoms with Gasteiger partial charge in [-0.25, -0.2) is 0 Å². The van der Waals surface area contributed by atoms with Crippen molar-refractivity contribution in [1.82, 2.24) is 0 Å². The molecule has 1 unspecified atom stereocenters. The second kappa shape index (κ2) is 2.68. The first-order chi connectivity index (χ1) is 5.02. The van der Waals surface area contributed by atoms with E-state index in [1.165, 1.54) is 6.26 Å². The molecule has 0 saturated carbocycles. The molecule has 3 N–H and O–H groups in total. The summed E-state index contributed by atoms with van der Waals surface area (Å²) >= 11 is 0. The Morgan fingerprint density at radius 1 is 1.64 bits per heavy atom. The zero-order valence-corrected chi connectivity index (χ0v) is 6.74. The van der Waals surface area contributed by atoms with Crippen LogP contribution in [0.5, 0.6) is 0 Å². The molecule has 0 amide bonds. The molecule has 0 aliphatic rings. The second-order valence-electron chi connectivity index (χ2n) is 3.24. The van der Waals surface area contributed by atoms with Crippen molar-refractivity contribution in [2.24, 2.45) is 5.73 Å². The van der Waals surface area contributed by atoms with Gasteiger partial charge < -0.3 is 15.3 Å². The quantitative estimate of drug-likeness (QED) is 0.671. The molecule has 0 aromatic carbocycles. The maximum atomic E-state index is 9.53. The van der Waals surface area contributed by atoms with Crippen LogP contribution >= 0.6 is 0 Å². The Bertz CT molecular complexity index is 210. The van der Waals surface area contributed by atoms with Crippen LogP contribution in [-0.4, -0.2) is 10.6 Å². The molecule has 11 heavy (non-hydrogen) atoms. The fraction of sp³-hybridized carbons (Fsp3) is 0.500. The van der Waals surface area contributed by atoms with Crippen LogP contribution in [0.2, 0.25) is 0 Å². The van der Waals surface area contributed by atoms with Gasteiger partial charge in [-0.1, -0.05) is 0 Å². The molecular weight excluding hydrogens is 142 g/mol. The van der Waals surface area contributed by atoms with Crippen LogP contribution in [0.1, 0.15) is 25.7 Å². The Morgan fingerprint density at radius 3 is 2.64 bits per heavy atom. The highest BCUT2D eigenvalue weighted by Gasteiger charge is 2.26. The van der Waals surface area contributed by atoms with Crippen LogP contribution in [0.25, 0.3) is 0 Å². The van der Waals surface area contributed by atoms with Crippen molar-refractivity contribution in [3.05, 3.63) is 24.2 Å². The molecule has 0 radical (unpaired) electrons. The summed E-state index contributed by atoms with van der Waals surface area (Å²) in [6.07, 6.45) is 0.780. The molecule has 0 bridgehead atoms. The van der Waals surface area contributed by atoms with Crippen LogP contribution in [-0.2, 0) is 0 Å². The average Bonchev–Trinajstić information content (AvgIpc) is 2.34. The first kappa shape index (κ1) is 8.30. The maximum absolute atomic E-state index is 9.53. The van der Waals surface area contributed by atoms with Crippen molar-refractivity contribution in [1.29, 1.82) is 0 Å². The number of furan rings is 1. The molecule has 0 spiro atoms. The van der Waals surface area contributed by atoms with E-state index in [-0.39, 0.29) is 0 Å². The van der Waals surface area contributed by atoms with E-state index in [9.17, 15) is 5.11 Å². The minimum Gasteiger partial charge on any atom is -0.467 e. The fourth-order valence-electron chi connectivity index (χ4n) is 0.814. The summed E-state index contributed by atoms with van der Waals surface area (Å²) in [4.78, 5) is 0. The molecule has 0 saturated heterocycles. The van der Waals surface area contributed by atoms with Gasteiger partial charge in [-0.2, -0.15) is 0 Å². The van der Waals surface area contributed by atoms with Crippen LogP contribution in [0.4, 0.5) is 0 Å². The van der Waals surface area contributed by atoms with Crippen molar-refractivity contribution in [3.8, 4) is 0 Å². The molecule has 1 aromatic rings. The molecule has 0 aliphatic heterocycles. The van der Waals surface area contributed by atoms with Gasteiger partial charge in [0.1, 0.15) is 11.9 Å². The third-order valence-corrected chi connectivity index (χ3v) is 1.52. The zero-order valence-electron chi connectivity index (χ0n) is 6.74. The lowest BCUT2D eigenvalue weighted by atomic mass is 9.97. The number of aliphatic hydroxyl groups excluding tert-OH is 1. The molecule has 3 nitrogen and oxygen atoms in total. The minimum absolute atomic E-state index is 0.512. The van der Waals surface area contributed by atoms with E-state index in [0.717, 1.165) is 0 Å². The van der Waals surface area contributed by atoms with Crippen LogP contribution in [0, 0.1) is 0 Å². The van der Waals surface area contributed by atoms with Gasteiger partial charge in [0, 0.05) is 5.54 Å². The summed E-state index contributed by atoms with van der Waals surface area (Å²) < 4.78 is 4.99. The number of rotatable bonds is 2. The summed E-state index contributed by atoms with van der Waals surface area (Å²) in [5.41, 5.74) is 5.01. The summed E-state index contributed by atoms with van der Waals surface area (Å²) in [6.45, 7) is 3.50. The van der Waals surface area contributed by atoms with E-state index in [2.05, 4.69) is 0 Å².